The second-order valence-electron chi connectivity index (χ2n) is 26.3. The Kier molecular flexibility index (Phi) is 57.6. The lowest BCUT2D eigenvalue weighted by atomic mass is 9.91. The van der Waals surface area contributed by atoms with Gasteiger partial charge in [-0.25, -0.2) is 0 Å². The monoisotopic (exact) mass is 1080 g/mol. The molecule has 2 rings (SSSR count). The molecule has 0 aliphatic carbocycles. The molecule has 0 aliphatic heterocycles. The molecule has 0 heteroatoms. The predicted molar refractivity (Wildman–Crippen MR) is 358 cm³/mol. The average Bonchev–Trinajstić information content (AvgIpc) is 3.46. The smallest absolute Gasteiger partial charge is 0.0149 e. The SMILES string of the molecule is CCCCCCCCCCCCCCCCCCCCCCCCCCCCCCCCCCc1ccc2ccccc2c1CCCCCCCCCCCCCCCCCCCCCCCCCCCCCCCCCC. The maximum atomic E-state index is 2.49. The Balaban J connectivity index is 1.29. The maximum absolute atomic E-state index is 2.49. The quantitative estimate of drug-likeness (QED) is 0.0579. The summed E-state index contributed by atoms with van der Waals surface area (Å²) in [5.41, 5.74) is 3.33. The lowest BCUT2D eigenvalue weighted by molar-refractivity contribution is 0.512. The number of rotatable bonds is 66. The Morgan fingerprint density at radius 1 is 0.179 bits per heavy atom. The number of hydrogen-bond acceptors (Lipinski definition) is 0. The minimum absolute atomic E-state index is 1.27. The van der Waals surface area contributed by atoms with Crippen molar-refractivity contribution in [3.05, 3.63) is 47.5 Å². The molecule has 0 aromatic heterocycles. The lowest BCUT2D eigenvalue weighted by Crippen LogP contribution is -1.97. The summed E-state index contributed by atoms with van der Waals surface area (Å²) < 4.78 is 0. The normalized spacial score (nSPS) is 11.8. The molecule has 0 radical (unpaired) electrons. The van der Waals surface area contributed by atoms with Crippen molar-refractivity contribution in [1.82, 2.24) is 0 Å². The fourth-order valence-electron chi connectivity index (χ4n) is 13.3. The fraction of sp³-hybridized carbons (Fsp3) is 0.872. The Labute approximate surface area is 493 Å². The van der Waals surface area contributed by atoms with Gasteiger partial charge < -0.3 is 0 Å². The molecule has 0 spiro atoms. The zero-order chi connectivity index (χ0) is 55.2. The first-order valence-corrected chi connectivity index (χ1v) is 37.4. The van der Waals surface area contributed by atoms with Crippen LogP contribution >= 0.6 is 0 Å². The summed E-state index contributed by atoms with van der Waals surface area (Å²) in [7, 11) is 0. The summed E-state index contributed by atoms with van der Waals surface area (Å²) in [5.74, 6) is 0. The van der Waals surface area contributed by atoms with Crippen molar-refractivity contribution in [2.45, 2.75) is 438 Å². The third-order valence-electron chi connectivity index (χ3n) is 18.7. The van der Waals surface area contributed by atoms with Crippen molar-refractivity contribution in [2.24, 2.45) is 0 Å². The van der Waals surface area contributed by atoms with Crippen LogP contribution in [0.4, 0.5) is 0 Å². The van der Waals surface area contributed by atoms with Gasteiger partial charge >= 0.3 is 0 Å². The molecule has 0 aliphatic rings. The molecule has 0 N–H and O–H groups in total. The van der Waals surface area contributed by atoms with Gasteiger partial charge in [0.05, 0.1) is 0 Å². The summed E-state index contributed by atoms with van der Waals surface area (Å²) >= 11 is 0. The Hall–Kier alpha value is -1.30. The summed E-state index contributed by atoms with van der Waals surface area (Å²) in [6.45, 7) is 4.63. The van der Waals surface area contributed by atoms with Gasteiger partial charge in [0.2, 0.25) is 0 Å². The third kappa shape index (κ3) is 49.3. The summed E-state index contributed by atoms with van der Waals surface area (Å²) in [4.78, 5) is 0. The molecular formula is C78H144. The molecule has 0 unspecified atom stereocenters. The molecule has 0 saturated carbocycles. The van der Waals surface area contributed by atoms with Crippen molar-refractivity contribution in [1.29, 1.82) is 0 Å². The van der Waals surface area contributed by atoms with Crippen LogP contribution in [-0.4, -0.2) is 0 Å². The van der Waals surface area contributed by atoms with E-state index in [9.17, 15) is 0 Å². The van der Waals surface area contributed by atoms with E-state index < -0.39 is 0 Å². The molecule has 0 amide bonds. The standard InChI is InChI=1S/C78H144/c1-3-5-7-9-11-13-15-17-19-21-23-25-27-29-31-33-35-37-39-41-43-45-47-49-51-53-55-57-59-61-63-65-69-75-73-74-76-70-67-68-72-78(76)77(75)71-66-64-62-60-58-56-54-52-50-48-46-44-42-40-38-36-34-32-30-28-26-24-22-20-18-16-14-12-10-8-6-4-2/h67-68,70,72-74H,3-66,69,71H2,1-2H3. The number of benzene rings is 2. The first kappa shape index (κ1) is 72.8. The molecule has 0 nitrogen and oxygen atoms in total. The van der Waals surface area contributed by atoms with Crippen molar-refractivity contribution in [2.75, 3.05) is 0 Å². The van der Waals surface area contributed by atoms with Crippen LogP contribution in [0.25, 0.3) is 10.8 Å². The lowest BCUT2D eigenvalue weighted by Gasteiger charge is -2.14. The van der Waals surface area contributed by atoms with Gasteiger partial charge in [-0.05, 0) is 47.6 Å². The van der Waals surface area contributed by atoms with E-state index in [-0.39, 0.29) is 0 Å². The number of aryl methyl sites for hydroxylation is 2. The van der Waals surface area contributed by atoms with Crippen molar-refractivity contribution >= 4 is 10.8 Å². The van der Waals surface area contributed by atoms with Crippen LogP contribution in [-0.2, 0) is 12.8 Å². The van der Waals surface area contributed by atoms with Crippen LogP contribution in [0.5, 0.6) is 0 Å². The first-order valence-electron chi connectivity index (χ1n) is 37.4. The maximum Gasteiger partial charge on any atom is -0.0149 e. The molecule has 2 aromatic carbocycles. The van der Waals surface area contributed by atoms with E-state index in [0.29, 0.717) is 0 Å². The zero-order valence-corrected chi connectivity index (χ0v) is 54.1. The van der Waals surface area contributed by atoms with Crippen LogP contribution < -0.4 is 0 Å². The minimum atomic E-state index is 1.27. The number of fused-ring (bicyclic) bond motifs is 1. The number of hydrogen-bond donors (Lipinski definition) is 0. The summed E-state index contributed by atoms with van der Waals surface area (Å²) in [5, 5.41) is 2.98. The highest BCUT2D eigenvalue weighted by atomic mass is 14.1. The summed E-state index contributed by atoms with van der Waals surface area (Å²) in [6.07, 6.45) is 96.6. The van der Waals surface area contributed by atoms with Gasteiger partial charge in [-0.2, -0.15) is 0 Å². The fourth-order valence-corrected chi connectivity index (χ4v) is 13.3. The molecule has 0 bridgehead atoms. The van der Waals surface area contributed by atoms with E-state index in [1.165, 1.54) is 435 Å². The Morgan fingerprint density at radius 3 is 0.603 bits per heavy atom. The van der Waals surface area contributed by atoms with Crippen LogP contribution in [0.1, 0.15) is 436 Å². The molecule has 0 atom stereocenters. The van der Waals surface area contributed by atoms with E-state index in [2.05, 4.69) is 50.2 Å². The average molecular weight is 1080 g/mol. The number of unbranched alkanes of at least 4 members (excludes halogenated alkanes) is 62. The van der Waals surface area contributed by atoms with Gasteiger partial charge in [-0.3, -0.25) is 0 Å². The van der Waals surface area contributed by atoms with Gasteiger partial charge in [0.15, 0.2) is 0 Å². The van der Waals surface area contributed by atoms with Crippen LogP contribution in [0.2, 0.25) is 0 Å². The van der Waals surface area contributed by atoms with E-state index in [1.54, 1.807) is 11.1 Å². The molecule has 456 valence electrons. The molecule has 78 heavy (non-hydrogen) atoms. The van der Waals surface area contributed by atoms with Crippen LogP contribution in [0, 0.1) is 0 Å². The van der Waals surface area contributed by atoms with Gasteiger partial charge in [-0.15, -0.1) is 0 Å². The molecular weight excluding hydrogens is 937 g/mol. The Bertz CT molecular complexity index is 1420. The minimum Gasteiger partial charge on any atom is -0.0654 e. The van der Waals surface area contributed by atoms with Crippen molar-refractivity contribution in [3.8, 4) is 0 Å². The highest BCUT2D eigenvalue weighted by Crippen LogP contribution is 2.27. The second kappa shape index (κ2) is 61.8. The van der Waals surface area contributed by atoms with E-state index >= 15 is 0 Å². The second-order valence-corrected chi connectivity index (χ2v) is 26.3. The van der Waals surface area contributed by atoms with Gasteiger partial charge in [0.1, 0.15) is 0 Å². The van der Waals surface area contributed by atoms with Crippen LogP contribution in [0.3, 0.4) is 0 Å². The van der Waals surface area contributed by atoms with Gasteiger partial charge in [0, 0.05) is 0 Å². The third-order valence-corrected chi connectivity index (χ3v) is 18.7. The van der Waals surface area contributed by atoms with Crippen molar-refractivity contribution < 1.29 is 0 Å². The molecule has 0 saturated heterocycles. The van der Waals surface area contributed by atoms with E-state index in [1.807, 2.05) is 0 Å². The zero-order valence-electron chi connectivity index (χ0n) is 54.1. The highest BCUT2D eigenvalue weighted by molar-refractivity contribution is 5.86. The first-order chi connectivity index (χ1) is 38.9. The molecule has 2 aromatic rings. The predicted octanol–water partition coefficient (Wildman–Crippen LogP) is 28.9. The highest BCUT2D eigenvalue weighted by Gasteiger charge is 2.09. The molecule has 0 fully saturated rings. The molecule has 0 heterocycles. The Morgan fingerprint density at radius 2 is 0.372 bits per heavy atom. The van der Waals surface area contributed by atoms with Gasteiger partial charge in [0.25, 0.3) is 0 Å². The van der Waals surface area contributed by atoms with E-state index in [4.69, 9.17) is 0 Å². The van der Waals surface area contributed by atoms with Crippen LogP contribution in [0.15, 0.2) is 36.4 Å². The topological polar surface area (TPSA) is 0 Å². The van der Waals surface area contributed by atoms with Crippen molar-refractivity contribution in [3.63, 3.8) is 0 Å². The van der Waals surface area contributed by atoms with Gasteiger partial charge in [-0.1, -0.05) is 448 Å². The summed E-state index contributed by atoms with van der Waals surface area (Å²) in [6, 6.07) is 14.1. The van der Waals surface area contributed by atoms with E-state index in [0.717, 1.165) is 0 Å². The largest absolute Gasteiger partial charge is 0.0654 e.